The van der Waals surface area contributed by atoms with Gasteiger partial charge in [-0.1, -0.05) is 60.7 Å². The van der Waals surface area contributed by atoms with E-state index in [1.807, 2.05) is 67.0 Å². The number of carboxylic acids is 1. The second kappa shape index (κ2) is 9.09. The van der Waals surface area contributed by atoms with Crippen LogP contribution in [0.1, 0.15) is 12.8 Å². The Morgan fingerprint density at radius 3 is 2.13 bits per heavy atom. The monoisotopic (exact) mass is 398 g/mol. The lowest BCUT2D eigenvalue weighted by Crippen LogP contribution is -2.02. The van der Waals surface area contributed by atoms with Crippen LogP contribution in [0.4, 0.5) is 0 Å². The Balaban J connectivity index is 1.64. The number of aliphatic carboxylic acids is 1. The summed E-state index contributed by atoms with van der Waals surface area (Å²) in [7, 11) is 0. The average molecular weight is 398 g/mol. The first kappa shape index (κ1) is 19.5. The van der Waals surface area contributed by atoms with Crippen molar-refractivity contribution in [2.24, 2.45) is 0 Å². The molecule has 0 aliphatic rings. The lowest BCUT2D eigenvalue weighted by Gasteiger charge is -2.12. The number of nitrogens with zero attached hydrogens (tertiary/aromatic N) is 2. The van der Waals surface area contributed by atoms with E-state index in [4.69, 9.17) is 14.8 Å². The lowest BCUT2D eigenvalue weighted by atomic mass is 10.0. The van der Waals surface area contributed by atoms with Crippen LogP contribution in [-0.2, 0) is 4.79 Å². The van der Waals surface area contributed by atoms with Gasteiger partial charge in [-0.25, -0.2) is 4.98 Å². The predicted octanol–water partition coefficient (Wildman–Crippen LogP) is 5.45. The van der Waals surface area contributed by atoms with Gasteiger partial charge in [-0.2, -0.15) is 0 Å². The van der Waals surface area contributed by atoms with Crippen molar-refractivity contribution in [2.45, 2.75) is 12.8 Å². The van der Waals surface area contributed by atoms with E-state index in [0.717, 1.165) is 28.2 Å². The van der Waals surface area contributed by atoms with Crippen LogP contribution in [0.5, 0.6) is 5.75 Å². The number of ether oxygens (including phenoxy) is 1. The van der Waals surface area contributed by atoms with Crippen LogP contribution in [0.3, 0.4) is 0 Å². The van der Waals surface area contributed by atoms with Gasteiger partial charge < -0.3 is 9.84 Å². The normalized spacial score (nSPS) is 10.7. The Kier molecular flexibility index (Phi) is 5.90. The van der Waals surface area contributed by atoms with E-state index in [1.54, 1.807) is 0 Å². The van der Waals surface area contributed by atoms with Crippen LogP contribution in [0, 0.1) is 0 Å². The second-order valence-electron chi connectivity index (χ2n) is 6.88. The lowest BCUT2D eigenvalue weighted by molar-refractivity contribution is -0.137. The molecule has 5 heteroatoms. The van der Waals surface area contributed by atoms with Gasteiger partial charge in [-0.05, 0) is 30.7 Å². The first-order chi connectivity index (χ1) is 14.7. The molecule has 1 N–H and O–H groups in total. The molecule has 0 bridgehead atoms. The molecule has 0 aliphatic heterocycles. The van der Waals surface area contributed by atoms with Crippen molar-refractivity contribution in [3.8, 4) is 34.0 Å². The smallest absolute Gasteiger partial charge is 0.303 e. The highest BCUT2D eigenvalue weighted by Crippen LogP contribution is 2.33. The largest absolute Gasteiger partial charge is 0.494 e. The van der Waals surface area contributed by atoms with Gasteiger partial charge in [0.05, 0.1) is 18.0 Å². The highest BCUT2D eigenvalue weighted by atomic mass is 16.5. The minimum absolute atomic E-state index is 0.107. The molecular formula is C25H22N2O3. The molecule has 0 saturated heterocycles. The number of carboxylic acid groups (broad SMARTS) is 1. The van der Waals surface area contributed by atoms with Crippen molar-refractivity contribution in [1.29, 1.82) is 0 Å². The number of rotatable bonds is 8. The van der Waals surface area contributed by atoms with Crippen molar-refractivity contribution in [3.63, 3.8) is 0 Å². The van der Waals surface area contributed by atoms with E-state index in [1.165, 1.54) is 0 Å². The Bertz CT molecular complexity index is 1100. The zero-order chi connectivity index (χ0) is 20.8. The Morgan fingerprint density at radius 1 is 0.867 bits per heavy atom. The minimum atomic E-state index is -0.809. The third kappa shape index (κ3) is 4.41. The van der Waals surface area contributed by atoms with Crippen molar-refractivity contribution >= 4 is 5.97 Å². The number of hydrogen-bond donors (Lipinski definition) is 1. The molecule has 0 amide bonds. The summed E-state index contributed by atoms with van der Waals surface area (Å²) in [6.07, 6.45) is 2.43. The number of aromatic nitrogens is 2. The molecule has 4 aromatic rings. The molecule has 0 fully saturated rings. The van der Waals surface area contributed by atoms with E-state index in [2.05, 4.69) is 28.8 Å². The van der Waals surface area contributed by atoms with Gasteiger partial charge >= 0.3 is 5.97 Å². The summed E-state index contributed by atoms with van der Waals surface area (Å²) in [6, 6.07) is 28.1. The summed E-state index contributed by atoms with van der Waals surface area (Å²) < 4.78 is 7.72. The van der Waals surface area contributed by atoms with Gasteiger partial charge in [-0.3, -0.25) is 9.36 Å². The molecule has 5 nitrogen and oxygen atoms in total. The molecule has 150 valence electrons. The van der Waals surface area contributed by atoms with Gasteiger partial charge in [0.25, 0.3) is 0 Å². The average Bonchev–Trinajstić information content (AvgIpc) is 3.23. The first-order valence-corrected chi connectivity index (χ1v) is 9.85. The Morgan fingerprint density at radius 2 is 1.50 bits per heavy atom. The standard InChI is InChI=1S/C25H22N2O3/c28-23(29)12-7-17-30-22-15-13-21(14-16-22)27-18-26-24(19-8-3-1-4-9-19)25(27)20-10-5-2-6-11-20/h1-6,8-11,13-16,18H,7,12,17H2,(H,28,29). The molecule has 0 saturated carbocycles. The Hall–Kier alpha value is -3.86. The summed E-state index contributed by atoms with van der Waals surface area (Å²) >= 11 is 0. The molecular weight excluding hydrogens is 376 g/mol. The molecule has 0 radical (unpaired) electrons. The minimum Gasteiger partial charge on any atom is -0.494 e. The van der Waals surface area contributed by atoms with Gasteiger partial charge in [0.1, 0.15) is 12.1 Å². The number of hydrogen-bond acceptors (Lipinski definition) is 3. The molecule has 4 rings (SSSR count). The number of benzene rings is 3. The van der Waals surface area contributed by atoms with Gasteiger partial charge in [0.2, 0.25) is 0 Å². The summed E-state index contributed by atoms with van der Waals surface area (Å²) in [4.78, 5) is 15.3. The highest BCUT2D eigenvalue weighted by Gasteiger charge is 2.16. The van der Waals surface area contributed by atoms with E-state index in [0.29, 0.717) is 18.8 Å². The molecule has 1 aromatic heterocycles. The van der Waals surface area contributed by atoms with Crippen LogP contribution >= 0.6 is 0 Å². The van der Waals surface area contributed by atoms with Crippen LogP contribution in [0.15, 0.2) is 91.3 Å². The molecule has 0 atom stereocenters. The van der Waals surface area contributed by atoms with Crippen LogP contribution in [0.2, 0.25) is 0 Å². The van der Waals surface area contributed by atoms with Gasteiger partial charge in [-0.15, -0.1) is 0 Å². The van der Waals surface area contributed by atoms with E-state index >= 15 is 0 Å². The molecule has 30 heavy (non-hydrogen) atoms. The zero-order valence-corrected chi connectivity index (χ0v) is 16.4. The number of carbonyl (C=O) groups is 1. The fraction of sp³-hybridized carbons (Fsp3) is 0.120. The fourth-order valence-corrected chi connectivity index (χ4v) is 3.34. The van der Waals surface area contributed by atoms with Crippen molar-refractivity contribution in [3.05, 3.63) is 91.3 Å². The quantitative estimate of drug-likeness (QED) is 0.401. The molecule has 0 aliphatic carbocycles. The zero-order valence-electron chi connectivity index (χ0n) is 16.4. The molecule has 1 heterocycles. The van der Waals surface area contributed by atoms with Crippen LogP contribution < -0.4 is 4.74 Å². The van der Waals surface area contributed by atoms with E-state index in [9.17, 15) is 4.79 Å². The summed E-state index contributed by atoms with van der Waals surface area (Å²) in [6.45, 7) is 0.379. The summed E-state index contributed by atoms with van der Waals surface area (Å²) in [5.74, 6) is -0.0921. The Labute approximate surface area is 175 Å². The van der Waals surface area contributed by atoms with Crippen molar-refractivity contribution < 1.29 is 14.6 Å². The van der Waals surface area contributed by atoms with Crippen LogP contribution in [-0.4, -0.2) is 27.2 Å². The molecule has 0 unspecified atom stereocenters. The summed E-state index contributed by atoms with van der Waals surface area (Å²) in [5, 5.41) is 8.71. The van der Waals surface area contributed by atoms with Crippen LogP contribution in [0.25, 0.3) is 28.2 Å². The number of imidazole rings is 1. The molecule has 3 aromatic carbocycles. The molecule has 0 spiro atoms. The van der Waals surface area contributed by atoms with Gasteiger partial charge in [0.15, 0.2) is 0 Å². The second-order valence-corrected chi connectivity index (χ2v) is 6.88. The predicted molar refractivity (Wildman–Crippen MR) is 117 cm³/mol. The maximum atomic E-state index is 10.6. The SMILES string of the molecule is O=C(O)CCCOc1ccc(-n2cnc(-c3ccccc3)c2-c2ccccc2)cc1. The third-order valence-corrected chi connectivity index (χ3v) is 4.78. The van der Waals surface area contributed by atoms with Crippen molar-refractivity contribution in [2.75, 3.05) is 6.61 Å². The third-order valence-electron chi connectivity index (χ3n) is 4.78. The first-order valence-electron chi connectivity index (χ1n) is 9.85. The van der Waals surface area contributed by atoms with E-state index < -0.39 is 5.97 Å². The fourth-order valence-electron chi connectivity index (χ4n) is 3.34. The topological polar surface area (TPSA) is 64.3 Å². The van der Waals surface area contributed by atoms with E-state index in [-0.39, 0.29) is 6.42 Å². The maximum absolute atomic E-state index is 10.6. The van der Waals surface area contributed by atoms with Crippen molar-refractivity contribution in [1.82, 2.24) is 9.55 Å². The maximum Gasteiger partial charge on any atom is 0.303 e. The summed E-state index contributed by atoms with van der Waals surface area (Å²) in [5.41, 5.74) is 5.07. The highest BCUT2D eigenvalue weighted by molar-refractivity contribution is 5.80. The van der Waals surface area contributed by atoms with Gasteiger partial charge in [0, 0.05) is 23.2 Å².